The fourth-order valence-electron chi connectivity index (χ4n) is 3.41. The summed E-state index contributed by atoms with van der Waals surface area (Å²) in [5, 5.41) is 0. The molecular weight excluding hydrogens is 308 g/mol. The number of rotatable bonds is 9. The standard InChI is InChI=1S/C19H34O5/c1-9-17(3,4)11-19(7,16(21)22-8)12-18(5,6)15(20)24-13(2)14-10-23-14/h13-14H,9-12H2,1-8H3. The molecule has 0 radical (unpaired) electrons. The van der Waals surface area contributed by atoms with Crippen molar-refractivity contribution in [2.45, 2.75) is 79.9 Å². The topological polar surface area (TPSA) is 65.1 Å². The first-order valence-electron chi connectivity index (χ1n) is 8.78. The van der Waals surface area contributed by atoms with Crippen LogP contribution < -0.4 is 0 Å². The molecule has 0 aromatic carbocycles. The van der Waals surface area contributed by atoms with Gasteiger partial charge in [-0.1, -0.05) is 27.2 Å². The predicted octanol–water partition coefficient (Wildman–Crippen LogP) is 3.74. The van der Waals surface area contributed by atoms with E-state index in [1.54, 1.807) is 0 Å². The van der Waals surface area contributed by atoms with Gasteiger partial charge in [0.25, 0.3) is 0 Å². The highest BCUT2D eigenvalue weighted by molar-refractivity contribution is 5.80. The van der Waals surface area contributed by atoms with Gasteiger partial charge in [-0.2, -0.15) is 0 Å². The Labute approximate surface area is 146 Å². The molecule has 0 aromatic rings. The number of hydrogen-bond acceptors (Lipinski definition) is 5. The first-order chi connectivity index (χ1) is 10.9. The Morgan fingerprint density at radius 1 is 1.12 bits per heavy atom. The molecule has 3 atom stereocenters. The molecule has 0 spiro atoms. The minimum absolute atomic E-state index is 0.00997. The summed E-state index contributed by atoms with van der Waals surface area (Å²) in [6.45, 7) is 14.4. The molecule has 1 aliphatic rings. The van der Waals surface area contributed by atoms with Gasteiger partial charge in [-0.15, -0.1) is 0 Å². The first kappa shape index (κ1) is 20.9. The van der Waals surface area contributed by atoms with Gasteiger partial charge in [0.15, 0.2) is 0 Å². The van der Waals surface area contributed by atoms with E-state index >= 15 is 0 Å². The second-order valence-electron chi connectivity index (χ2n) is 8.79. The van der Waals surface area contributed by atoms with Crippen LogP contribution in [-0.2, 0) is 23.8 Å². The molecular formula is C19H34O5. The SMILES string of the molecule is CCC(C)(C)CC(C)(CC(C)(C)C(=O)OC(C)C1CO1)C(=O)OC. The highest BCUT2D eigenvalue weighted by Crippen LogP contribution is 2.45. The third-order valence-electron chi connectivity index (χ3n) is 5.06. The Bertz CT molecular complexity index is 464. The number of ether oxygens (including phenoxy) is 3. The number of hydrogen-bond donors (Lipinski definition) is 0. The van der Waals surface area contributed by atoms with Crippen LogP contribution in [0.5, 0.6) is 0 Å². The van der Waals surface area contributed by atoms with Gasteiger partial charge in [0.05, 0.1) is 24.5 Å². The van der Waals surface area contributed by atoms with Crippen molar-refractivity contribution < 1.29 is 23.8 Å². The van der Waals surface area contributed by atoms with Gasteiger partial charge in [-0.05, 0) is 46.0 Å². The van der Waals surface area contributed by atoms with Gasteiger partial charge in [0.1, 0.15) is 12.2 Å². The van der Waals surface area contributed by atoms with Crippen molar-refractivity contribution in [2.24, 2.45) is 16.2 Å². The molecule has 0 amide bonds. The molecule has 140 valence electrons. The van der Waals surface area contributed by atoms with E-state index in [1.807, 2.05) is 27.7 Å². The third-order valence-corrected chi connectivity index (χ3v) is 5.06. The highest BCUT2D eigenvalue weighted by Gasteiger charge is 2.47. The normalized spacial score (nSPS) is 21.6. The van der Waals surface area contributed by atoms with Gasteiger partial charge in [-0.3, -0.25) is 9.59 Å². The molecule has 0 bridgehead atoms. The van der Waals surface area contributed by atoms with Crippen LogP contribution in [0.15, 0.2) is 0 Å². The molecule has 0 aromatic heterocycles. The van der Waals surface area contributed by atoms with E-state index in [-0.39, 0.29) is 29.6 Å². The second-order valence-corrected chi connectivity index (χ2v) is 8.79. The van der Waals surface area contributed by atoms with Crippen molar-refractivity contribution in [1.82, 2.24) is 0 Å². The summed E-state index contributed by atoms with van der Waals surface area (Å²) in [6.07, 6.45) is 1.73. The molecule has 0 saturated carbocycles. The van der Waals surface area contributed by atoms with Crippen molar-refractivity contribution >= 4 is 11.9 Å². The van der Waals surface area contributed by atoms with Crippen LogP contribution in [0.25, 0.3) is 0 Å². The Kier molecular flexibility index (Phi) is 6.48. The van der Waals surface area contributed by atoms with Crippen LogP contribution in [0.1, 0.15) is 67.7 Å². The van der Waals surface area contributed by atoms with Crippen molar-refractivity contribution in [3.8, 4) is 0 Å². The van der Waals surface area contributed by atoms with E-state index in [1.165, 1.54) is 7.11 Å². The van der Waals surface area contributed by atoms with Crippen molar-refractivity contribution in [2.75, 3.05) is 13.7 Å². The minimum Gasteiger partial charge on any atom is -0.469 e. The van der Waals surface area contributed by atoms with Crippen LogP contribution in [-0.4, -0.2) is 37.9 Å². The maximum absolute atomic E-state index is 12.6. The summed E-state index contributed by atoms with van der Waals surface area (Å²) in [5.41, 5.74) is -1.54. The number of carbonyl (C=O) groups excluding carboxylic acids is 2. The summed E-state index contributed by atoms with van der Waals surface area (Å²) < 4.78 is 15.8. The van der Waals surface area contributed by atoms with Crippen LogP contribution >= 0.6 is 0 Å². The number of epoxide rings is 1. The number of methoxy groups -OCH3 is 1. The Hall–Kier alpha value is -1.10. The zero-order valence-electron chi connectivity index (χ0n) is 16.5. The molecule has 1 rings (SSSR count). The number of esters is 2. The maximum Gasteiger partial charge on any atom is 0.311 e. The van der Waals surface area contributed by atoms with Crippen molar-refractivity contribution in [1.29, 1.82) is 0 Å². The fraction of sp³-hybridized carbons (Fsp3) is 0.895. The summed E-state index contributed by atoms with van der Waals surface area (Å²) in [5.74, 6) is -0.571. The number of carbonyl (C=O) groups is 2. The summed E-state index contributed by atoms with van der Waals surface area (Å²) >= 11 is 0. The fourth-order valence-corrected chi connectivity index (χ4v) is 3.41. The van der Waals surface area contributed by atoms with Gasteiger partial charge in [-0.25, -0.2) is 0 Å². The van der Waals surface area contributed by atoms with E-state index in [0.717, 1.165) is 6.42 Å². The lowest BCUT2D eigenvalue weighted by molar-refractivity contribution is -0.166. The molecule has 1 fully saturated rings. The minimum atomic E-state index is -0.782. The lowest BCUT2D eigenvalue weighted by atomic mass is 9.66. The average molecular weight is 342 g/mol. The molecule has 1 heterocycles. The average Bonchev–Trinajstić information content (AvgIpc) is 3.29. The molecule has 1 aliphatic heterocycles. The van der Waals surface area contributed by atoms with Crippen LogP contribution in [0, 0.1) is 16.2 Å². The molecule has 3 unspecified atom stereocenters. The van der Waals surface area contributed by atoms with Gasteiger partial charge in [0, 0.05) is 0 Å². The predicted molar refractivity (Wildman–Crippen MR) is 92.5 cm³/mol. The maximum atomic E-state index is 12.6. The van der Waals surface area contributed by atoms with Crippen LogP contribution in [0.3, 0.4) is 0 Å². The van der Waals surface area contributed by atoms with Crippen molar-refractivity contribution in [3.63, 3.8) is 0 Å². The van der Waals surface area contributed by atoms with Gasteiger partial charge < -0.3 is 14.2 Å². The molecule has 0 N–H and O–H groups in total. The molecule has 5 heteroatoms. The largest absolute Gasteiger partial charge is 0.469 e. The zero-order chi connectivity index (χ0) is 18.8. The smallest absolute Gasteiger partial charge is 0.311 e. The summed E-state index contributed by atoms with van der Waals surface area (Å²) in [4.78, 5) is 25.1. The zero-order valence-corrected chi connectivity index (χ0v) is 16.5. The lowest BCUT2D eigenvalue weighted by Crippen LogP contribution is -2.42. The first-order valence-corrected chi connectivity index (χ1v) is 8.78. The Morgan fingerprint density at radius 3 is 2.08 bits per heavy atom. The molecule has 24 heavy (non-hydrogen) atoms. The molecule has 1 saturated heterocycles. The van der Waals surface area contributed by atoms with Gasteiger partial charge in [0.2, 0.25) is 0 Å². The molecule has 5 nitrogen and oxygen atoms in total. The summed E-state index contributed by atoms with van der Waals surface area (Å²) in [6, 6.07) is 0. The van der Waals surface area contributed by atoms with E-state index in [4.69, 9.17) is 14.2 Å². The van der Waals surface area contributed by atoms with E-state index < -0.39 is 10.8 Å². The van der Waals surface area contributed by atoms with E-state index in [9.17, 15) is 9.59 Å². The van der Waals surface area contributed by atoms with Crippen LogP contribution in [0.2, 0.25) is 0 Å². The third kappa shape index (κ3) is 5.47. The van der Waals surface area contributed by atoms with Crippen molar-refractivity contribution in [3.05, 3.63) is 0 Å². The quantitative estimate of drug-likeness (QED) is 0.472. The van der Waals surface area contributed by atoms with Crippen LogP contribution in [0.4, 0.5) is 0 Å². The Morgan fingerprint density at radius 2 is 1.67 bits per heavy atom. The second kappa shape index (κ2) is 7.42. The monoisotopic (exact) mass is 342 g/mol. The van der Waals surface area contributed by atoms with E-state index in [2.05, 4.69) is 20.8 Å². The van der Waals surface area contributed by atoms with E-state index in [0.29, 0.717) is 19.4 Å². The summed E-state index contributed by atoms with van der Waals surface area (Å²) in [7, 11) is 1.40. The van der Waals surface area contributed by atoms with Gasteiger partial charge >= 0.3 is 11.9 Å². The highest BCUT2D eigenvalue weighted by atomic mass is 16.6. The lowest BCUT2D eigenvalue weighted by Gasteiger charge is -2.39. The molecule has 0 aliphatic carbocycles. The Balaban J connectivity index is 2.89.